The molecule has 1 fully saturated rings. The number of benzene rings is 2. The molecule has 2 aromatic carbocycles. The number of halogens is 1. The van der Waals surface area contributed by atoms with Crippen LogP contribution in [0.2, 0.25) is 5.02 Å². The molecular weight excluding hydrogens is 396 g/mol. The van der Waals surface area contributed by atoms with Crippen LogP contribution in [0.1, 0.15) is 36.2 Å². The molecule has 0 aliphatic carbocycles. The molecule has 0 radical (unpaired) electrons. The van der Waals surface area contributed by atoms with Crippen LogP contribution in [-0.2, 0) is 16.6 Å². The summed E-state index contributed by atoms with van der Waals surface area (Å²) in [7, 11) is -3.67. The van der Waals surface area contributed by atoms with E-state index in [0.717, 1.165) is 12.0 Å². The Balaban J connectivity index is 1.81. The van der Waals surface area contributed by atoms with Crippen LogP contribution >= 0.6 is 11.6 Å². The fraction of sp³-hybridized carbons (Fsp3) is 0.381. The lowest BCUT2D eigenvalue weighted by atomic mass is 9.94. The van der Waals surface area contributed by atoms with E-state index in [2.05, 4.69) is 19.2 Å². The maximum absolute atomic E-state index is 13.1. The minimum atomic E-state index is -3.67. The predicted octanol–water partition coefficient (Wildman–Crippen LogP) is 3.94. The molecule has 3 rings (SSSR count). The largest absolute Gasteiger partial charge is 0.348 e. The average Bonchev–Trinajstić information content (AvgIpc) is 2.66. The molecule has 150 valence electrons. The molecule has 0 aromatic heterocycles. The van der Waals surface area contributed by atoms with Gasteiger partial charge in [0.2, 0.25) is 10.0 Å². The van der Waals surface area contributed by atoms with Crippen LogP contribution in [0.3, 0.4) is 0 Å². The monoisotopic (exact) mass is 420 g/mol. The third kappa shape index (κ3) is 4.74. The van der Waals surface area contributed by atoms with E-state index in [-0.39, 0.29) is 15.5 Å². The molecule has 2 atom stereocenters. The molecule has 28 heavy (non-hydrogen) atoms. The number of hydrogen-bond donors (Lipinski definition) is 1. The highest BCUT2D eigenvalue weighted by Crippen LogP contribution is 2.28. The Morgan fingerprint density at radius 2 is 1.75 bits per heavy atom. The minimum absolute atomic E-state index is 0.100. The summed E-state index contributed by atoms with van der Waals surface area (Å²) in [6, 6.07) is 13.8. The van der Waals surface area contributed by atoms with Crippen LogP contribution < -0.4 is 5.32 Å². The van der Waals surface area contributed by atoms with Gasteiger partial charge in [-0.05, 0) is 42.0 Å². The molecule has 0 spiro atoms. The van der Waals surface area contributed by atoms with E-state index in [0.29, 0.717) is 31.5 Å². The van der Waals surface area contributed by atoms with E-state index in [1.165, 1.54) is 22.5 Å². The quantitative estimate of drug-likeness (QED) is 0.796. The Kier molecular flexibility index (Phi) is 6.43. The zero-order chi connectivity index (χ0) is 20.3. The summed E-state index contributed by atoms with van der Waals surface area (Å²) in [5.74, 6) is 0.213. The van der Waals surface area contributed by atoms with E-state index in [9.17, 15) is 13.2 Å². The van der Waals surface area contributed by atoms with Gasteiger partial charge in [0.25, 0.3) is 5.91 Å². The summed E-state index contributed by atoms with van der Waals surface area (Å²) in [4.78, 5) is 12.7. The van der Waals surface area contributed by atoms with E-state index in [4.69, 9.17) is 11.6 Å². The van der Waals surface area contributed by atoms with Crippen molar-refractivity contribution in [3.8, 4) is 0 Å². The Morgan fingerprint density at radius 3 is 2.39 bits per heavy atom. The van der Waals surface area contributed by atoms with Gasteiger partial charge < -0.3 is 5.32 Å². The zero-order valence-electron chi connectivity index (χ0n) is 16.1. The number of sulfonamides is 1. The molecule has 1 saturated heterocycles. The lowest BCUT2D eigenvalue weighted by Gasteiger charge is -2.34. The molecule has 0 unspecified atom stereocenters. The second-order valence-corrected chi connectivity index (χ2v) is 9.92. The van der Waals surface area contributed by atoms with Gasteiger partial charge in [-0.2, -0.15) is 4.31 Å². The van der Waals surface area contributed by atoms with Crippen molar-refractivity contribution in [3.63, 3.8) is 0 Å². The van der Waals surface area contributed by atoms with Crippen LogP contribution in [0.25, 0.3) is 0 Å². The Bertz CT molecular complexity index is 937. The van der Waals surface area contributed by atoms with Gasteiger partial charge in [-0.1, -0.05) is 55.8 Å². The van der Waals surface area contributed by atoms with Crippen molar-refractivity contribution < 1.29 is 13.2 Å². The maximum Gasteiger partial charge on any atom is 0.253 e. The third-order valence-corrected chi connectivity index (χ3v) is 7.11. The van der Waals surface area contributed by atoms with Crippen molar-refractivity contribution in [1.82, 2.24) is 9.62 Å². The molecule has 0 saturated carbocycles. The van der Waals surface area contributed by atoms with E-state index in [1.54, 1.807) is 0 Å². The lowest BCUT2D eigenvalue weighted by Crippen LogP contribution is -2.42. The maximum atomic E-state index is 13.1. The van der Waals surface area contributed by atoms with Crippen molar-refractivity contribution in [2.75, 3.05) is 13.1 Å². The van der Waals surface area contributed by atoms with E-state index < -0.39 is 15.9 Å². The van der Waals surface area contributed by atoms with Crippen LogP contribution in [0.4, 0.5) is 0 Å². The number of carbonyl (C=O) groups excluding carboxylic acids is 1. The number of amides is 1. The number of carbonyl (C=O) groups is 1. The first-order valence-corrected chi connectivity index (χ1v) is 11.2. The number of rotatable bonds is 5. The first-order chi connectivity index (χ1) is 13.3. The minimum Gasteiger partial charge on any atom is -0.348 e. The molecule has 1 heterocycles. The average molecular weight is 421 g/mol. The summed E-state index contributed by atoms with van der Waals surface area (Å²) in [6.07, 6.45) is 1.01. The fourth-order valence-electron chi connectivity index (χ4n) is 3.66. The number of piperidine rings is 1. The lowest BCUT2D eigenvalue weighted by molar-refractivity contribution is 0.0951. The summed E-state index contributed by atoms with van der Waals surface area (Å²) in [6.45, 7) is 5.44. The van der Waals surface area contributed by atoms with Crippen LogP contribution in [-0.4, -0.2) is 31.7 Å². The summed E-state index contributed by atoms with van der Waals surface area (Å²) in [5.41, 5.74) is 1.11. The van der Waals surface area contributed by atoms with Crippen LogP contribution in [0.5, 0.6) is 0 Å². The molecule has 1 aliphatic heterocycles. The topological polar surface area (TPSA) is 66.5 Å². The van der Waals surface area contributed by atoms with Crippen molar-refractivity contribution >= 4 is 27.5 Å². The first kappa shape index (κ1) is 20.8. The van der Waals surface area contributed by atoms with Gasteiger partial charge in [-0.3, -0.25) is 4.79 Å². The molecule has 0 bridgehead atoms. The highest BCUT2D eigenvalue weighted by molar-refractivity contribution is 7.89. The normalized spacial score (nSPS) is 20.7. The molecule has 5 nitrogen and oxygen atoms in total. The number of nitrogens with one attached hydrogen (secondary N) is 1. The van der Waals surface area contributed by atoms with Gasteiger partial charge in [-0.25, -0.2) is 8.42 Å². The van der Waals surface area contributed by atoms with Crippen molar-refractivity contribution in [2.45, 2.75) is 31.7 Å². The van der Waals surface area contributed by atoms with Gasteiger partial charge >= 0.3 is 0 Å². The molecule has 1 amide bonds. The number of nitrogens with zero attached hydrogens (tertiary/aromatic N) is 1. The number of hydrogen-bond acceptors (Lipinski definition) is 3. The molecule has 7 heteroatoms. The van der Waals surface area contributed by atoms with Gasteiger partial charge in [0.05, 0.1) is 15.5 Å². The van der Waals surface area contributed by atoms with E-state index >= 15 is 0 Å². The second kappa shape index (κ2) is 8.64. The summed E-state index contributed by atoms with van der Waals surface area (Å²) < 4.78 is 27.7. The molecular formula is C21H25ClN2O3S. The highest BCUT2D eigenvalue weighted by atomic mass is 35.5. The fourth-order valence-corrected chi connectivity index (χ4v) is 5.57. The highest BCUT2D eigenvalue weighted by Gasteiger charge is 2.32. The standard InChI is InChI=1S/C21H25ClN2O3S/c1-15-10-16(2)14-24(13-15)28(26,27)18-8-9-20(22)19(11-18)21(25)23-12-17-6-4-3-5-7-17/h3-9,11,15-16H,10,12-14H2,1-2H3,(H,23,25)/t15-,16+. The van der Waals surface area contributed by atoms with Crippen molar-refractivity contribution in [1.29, 1.82) is 0 Å². The van der Waals surface area contributed by atoms with Crippen molar-refractivity contribution in [2.24, 2.45) is 11.8 Å². The Labute approximate surface area is 171 Å². The van der Waals surface area contributed by atoms with Gasteiger partial charge in [-0.15, -0.1) is 0 Å². The predicted molar refractivity (Wildman–Crippen MR) is 111 cm³/mol. The van der Waals surface area contributed by atoms with Gasteiger partial charge in [0, 0.05) is 19.6 Å². The molecule has 1 aliphatic rings. The third-order valence-electron chi connectivity index (χ3n) is 4.95. The van der Waals surface area contributed by atoms with Gasteiger partial charge in [0.1, 0.15) is 0 Å². The summed E-state index contributed by atoms with van der Waals surface area (Å²) >= 11 is 6.19. The zero-order valence-corrected chi connectivity index (χ0v) is 17.6. The molecule has 1 N–H and O–H groups in total. The van der Waals surface area contributed by atoms with Crippen LogP contribution in [0.15, 0.2) is 53.4 Å². The molecule has 2 aromatic rings. The Hall–Kier alpha value is -1.89. The van der Waals surface area contributed by atoms with Crippen LogP contribution in [0, 0.1) is 11.8 Å². The van der Waals surface area contributed by atoms with Gasteiger partial charge in [0.15, 0.2) is 0 Å². The van der Waals surface area contributed by atoms with E-state index in [1.807, 2.05) is 30.3 Å². The SMILES string of the molecule is C[C@@H]1C[C@H](C)CN(S(=O)(=O)c2ccc(Cl)c(C(=O)NCc3ccccc3)c2)C1. The Morgan fingerprint density at radius 1 is 1.11 bits per heavy atom. The smallest absolute Gasteiger partial charge is 0.253 e. The van der Waals surface area contributed by atoms with Crippen molar-refractivity contribution in [3.05, 3.63) is 64.7 Å². The first-order valence-electron chi connectivity index (χ1n) is 9.39. The summed E-state index contributed by atoms with van der Waals surface area (Å²) in [5, 5.41) is 3.02. The second-order valence-electron chi connectivity index (χ2n) is 7.58.